The van der Waals surface area contributed by atoms with Crippen molar-refractivity contribution in [1.29, 1.82) is 5.26 Å². The van der Waals surface area contributed by atoms with E-state index in [0.717, 1.165) is 21.2 Å². The Bertz CT molecular complexity index is 1060. The van der Waals surface area contributed by atoms with Gasteiger partial charge in [-0.05, 0) is 40.1 Å². The fourth-order valence-corrected chi connectivity index (χ4v) is 4.25. The van der Waals surface area contributed by atoms with Crippen molar-refractivity contribution in [3.05, 3.63) is 70.6 Å². The molecular weight excluding hydrogens is 406 g/mol. The van der Waals surface area contributed by atoms with E-state index in [2.05, 4.69) is 10.6 Å². The van der Waals surface area contributed by atoms with Crippen LogP contribution in [0.1, 0.15) is 33.8 Å². The van der Waals surface area contributed by atoms with Crippen LogP contribution in [0.3, 0.4) is 0 Å². The summed E-state index contributed by atoms with van der Waals surface area (Å²) in [4.78, 5) is 25.4. The van der Waals surface area contributed by atoms with E-state index in [9.17, 15) is 9.59 Å². The van der Waals surface area contributed by atoms with Crippen molar-refractivity contribution >= 4 is 44.8 Å². The molecule has 5 nitrogen and oxygen atoms in total. The number of amides is 2. The van der Waals surface area contributed by atoms with Gasteiger partial charge in [-0.3, -0.25) is 9.59 Å². The number of carbonyl (C=O) groups is 2. The number of halogens is 1. The number of benzene rings is 2. The second-order valence-corrected chi connectivity index (χ2v) is 7.66. The molecule has 0 aliphatic rings. The Kier molecular flexibility index (Phi) is 7.23. The molecule has 1 heterocycles. The Morgan fingerprint density at radius 3 is 2.76 bits per heavy atom. The Morgan fingerprint density at radius 2 is 1.97 bits per heavy atom. The van der Waals surface area contributed by atoms with E-state index in [-0.39, 0.29) is 31.3 Å². The van der Waals surface area contributed by atoms with Crippen LogP contribution in [0.5, 0.6) is 0 Å². The first kappa shape index (κ1) is 20.8. The number of hydrogen-bond acceptors (Lipinski definition) is 4. The number of nitriles is 1. The van der Waals surface area contributed by atoms with Gasteiger partial charge in [0.15, 0.2) is 0 Å². The SMILES string of the molecule is N#CCCNC(=O)C(CNC(=O)c1cccc(CCl)c1)c1csc2ccccc12. The number of alkyl halides is 1. The van der Waals surface area contributed by atoms with Gasteiger partial charge in [0.2, 0.25) is 5.91 Å². The number of nitrogens with zero attached hydrogens (tertiary/aromatic N) is 1. The second kappa shape index (κ2) is 10.1. The number of carbonyl (C=O) groups excluding carboxylic acids is 2. The van der Waals surface area contributed by atoms with Gasteiger partial charge in [-0.15, -0.1) is 22.9 Å². The molecular formula is C22H20ClN3O2S. The number of nitrogens with one attached hydrogen (secondary N) is 2. The molecule has 3 rings (SSSR count). The molecule has 1 aromatic heterocycles. The van der Waals surface area contributed by atoms with Gasteiger partial charge in [-0.2, -0.15) is 5.26 Å². The van der Waals surface area contributed by atoms with Crippen molar-refractivity contribution < 1.29 is 9.59 Å². The summed E-state index contributed by atoms with van der Waals surface area (Å²) in [6.45, 7) is 0.433. The van der Waals surface area contributed by atoms with E-state index >= 15 is 0 Å². The minimum Gasteiger partial charge on any atom is -0.354 e. The molecule has 2 aromatic carbocycles. The van der Waals surface area contributed by atoms with Crippen molar-refractivity contribution in [1.82, 2.24) is 10.6 Å². The maximum Gasteiger partial charge on any atom is 0.251 e. The molecule has 29 heavy (non-hydrogen) atoms. The summed E-state index contributed by atoms with van der Waals surface area (Å²) < 4.78 is 1.08. The van der Waals surface area contributed by atoms with Crippen molar-refractivity contribution in [2.75, 3.05) is 13.1 Å². The van der Waals surface area contributed by atoms with E-state index in [0.29, 0.717) is 11.4 Å². The largest absolute Gasteiger partial charge is 0.354 e. The van der Waals surface area contributed by atoms with Gasteiger partial charge in [-0.25, -0.2) is 0 Å². The monoisotopic (exact) mass is 425 g/mol. The van der Waals surface area contributed by atoms with Crippen LogP contribution in [-0.4, -0.2) is 24.9 Å². The Balaban J connectivity index is 1.80. The van der Waals surface area contributed by atoms with Gasteiger partial charge in [0, 0.05) is 29.2 Å². The van der Waals surface area contributed by atoms with Gasteiger partial charge < -0.3 is 10.6 Å². The van der Waals surface area contributed by atoms with E-state index in [1.165, 1.54) is 0 Å². The number of rotatable bonds is 8. The van der Waals surface area contributed by atoms with Crippen LogP contribution in [0, 0.1) is 11.3 Å². The van der Waals surface area contributed by atoms with Crippen molar-refractivity contribution in [2.45, 2.75) is 18.2 Å². The third-order valence-electron chi connectivity index (χ3n) is 4.55. The minimum atomic E-state index is -0.551. The lowest BCUT2D eigenvalue weighted by Crippen LogP contribution is -2.37. The van der Waals surface area contributed by atoms with Crippen LogP contribution < -0.4 is 10.6 Å². The number of hydrogen-bond donors (Lipinski definition) is 2. The second-order valence-electron chi connectivity index (χ2n) is 6.48. The summed E-state index contributed by atoms with van der Waals surface area (Å²) >= 11 is 7.41. The van der Waals surface area contributed by atoms with Gasteiger partial charge in [0.05, 0.1) is 18.4 Å². The van der Waals surface area contributed by atoms with Crippen LogP contribution in [0.2, 0.25) is 0 Å². The van der Waals surface area contributed by atoms with Gasteiger partial charge in [0.1, 0.15) is 0 Å². The fraction of sp³-hybridized carbons (Fsp3) is 0.227. The van der Waals surface area contributed by atoms with Crippen LogP contribution in [0.25, 0.3) is 10.1 Å². The zero-order valence-corrected chi connectivity index (χ0v) is 17.2. The molecule has 0 fully saturated rings. The smallest absolute Gasteiger partial charge is 0.251 e. The third kappa shape index (κ3) is 5.14. The highest BCUT2D eigenvalue weighted by Crippen LogP contribution is 2.31. The summed E-state index contributed by atoms with van der Waals surface area (Å²) in [7, 11) is 0. The first-order chi connectivity index (χ1) is 14.1. The van der Waals surface area contributed by atoms with Gasteiger partial charge in [-0.1, -0.05) is 30.3 Å². The maximum absolute atomic E-state index is 12.8. The molecule has 0 spiro atoms. The molecule has 2 N–H and O–H groups in total. The number of thiophene rings is 1. The lowest BCUT2D eigenvalue weighted by molar-refractivity contribution is -0.122. The first-order valence-electron chi connectivity index (χ1n) is 9.18. The summed E-state index contributed by atoms with van der Waals surface area (Å²) in [5.74, 6) is -0.693. The molecule has 1 unspecified atom stereocenters. The fourth-order valence-electron chi connectivity index (χ4n) is 3.07. The molecule has 0 radical (unpaired) electrons. The Labute approximate surface area is 178 Å². The highest BCUT2D eigenvalue weighted by atomic mass is 35.5. The predicted octanol–water partition coefficient (Wildman–Crippen LogP) is 4.18. The molecule has 7 heteroatoms. The highest BCUT2D eigenvalue weighted by molar-refractivity contribution is 7.17. The Morgan fingerprint density at radius 1 is 1.14 bits per heavy atom. The molecule has 3 aromatic rings. The van der Waals surface area contributed by atoms with Crippen LogP contribution in [0.15, 0.2) is 53.9 Å². The van der Waals surface area contributed by atoms with E-state index < -0.39 is 5.92 Å². The maximum atomic E-state index is 12.8. The molecule has 148 valence electrons. The normalized spacial score (nSPS) is 11.6. The minimum absolute atomic E-state index is 0.156. The summed E-state index contributed by atoms with van der Waals surface area (Å²) in [5.41, 5.74) is 2.23. The molecule has 0 aliphatic carbocycles. The molecule has 0 saturated carbocycles. The standard InChI is InChI=1S/C22H20ClN3O2S/c23-12-15-5-3-6-16(11-15)21(27)26-13-18(22(28)25-10-4-9-24)19-14-29-20-8-2-1-7-17(19)20/h1-3,5-8,11,14,18H,4,10,12-13H2,(H,25,28)(H,26,27). The van der Waals surface area contributed by atoms with Crippen LogP contribution >= 0.6 is 22.9 Å². The topological polar surface area (TPSA) is 82.0 Å². The summed E-state index contributed by atoms with van der Waals surface area (Å²) in [5, 5.41) is 17.3. The van der Waals surface area contributed by atoms with E-state index in [1.807, 2.05) is 41.8 Å². The van der Waals surface area contributed by atoms with E-state index in [1.54, 1.807) is 29.5 Å². The Hall–Kier alpha value is -2.88. The highest BCUT2D eigenvalue weighted by Gasteiger charge is 2.24. The van der Waals surface area contributed by atoms with Crippen LogP contribution in [-0.2, 0) is 10.7 Å². The average molecular weight is 426 g/mol. The molecule has 0 saturated heterocycles. The summed E-state index contributed by atoms with van der Waals surface area (Å²) in [6.07, 6.45) is 0.237. The van der Waals surface area contributed by atoms with Crippen molar-refractivity contribution in [2.24, 2.45) is 0 Å². The van der Waals surface area contributed by atoms with E-state index in [4.69, 9.17) is 16.9 Å². The molecule has 0 aliphatic heterocycles. The molecule has 0 bridgehead atoms. The van der Waals surface area contributed by atoms with Crippen molar-refractivity contribution in [3.63, 3.8) is 0 Å². The predicted molar refractivity (Wildman–Crippen MR) is 116 cm³/mol. The molecule has 1 atom stereocenters. The quantitative estimate of drug-likeness (QED) is 0.419. The average Bonchev–Trinajstić information content (AvgIpc) is 3.18. The lowest BCUT2D eigenvalue weighted by Gasteiger charge is -2.17. The molecule has 2 amide bonds. The van der Waals surface area contributed by atoms with Gasteiger partial charge in [0.25, 0.3) is 5.91 Å². The van der Waals surface area contributed by atoms with Crippen LogP contribution in [0.4, 0.5) is 0 Å². The summed E-state index contributed by atoms with van der Waals surface area (Å²) in [6, 6.07) is 17.0. The lowest BCUT2D eigenvalue weighted by atomic mass is 9.97. The van der Waals surface area contributed by atoms with Gasteiger partial charge >= 0.3 is 0 Å². The zero-order chi connectivity index (χ0) is 20.6. The number of fused-ring (bicyclic) bond motifs is 1. The van der Waals surface area contributed by atoms with Crippen molar-refractivity contribution in [3.8, 4) is 6.07 Å². The third-order valence-corrected chi connectivity index (χ3v) is 5.84. The first-order valence-corrected chi connectivity index (χ1v) is 10.6. The zero-order valence-electron chi connectivity index (χ0n) is 15.7.